The maximum absolute atomic E-state index is 12.4. The van der Waals surface area contributed by atoms with Gasteiger partial charge in [0.1, 0.15) is 5.82 Å². The van der Waals surface area contributed by atoms with Gasteiger partial charge in [0.2, 0.25) is 0 Å². The average Bonchev–Trinajstić information content (AvgIpc) is 2.99. The maximum atomic E-state index is 12.4. The largest absolute Gasteiger partial charge is 0.354 e. The van der Waals surface area contributed by atoms with Gasteiger partial charge in [0.05, 0.1) is 0 Å². The van der Waals surface area contributed by atoms with Crippen molar-refractivity contribution in [3.8, 4) is 0 Å². The number of hydrogen-bond acceptors (Lipinski definition) is 3. The molecular weight excluding hydrogens is 274 g/mol. The Balaban J connectivity index is 1.62. The van der Waals surface area contributed by atoms with Gasteiger partial charge in [0.15, 0.2) is 0 Å². The summed E-state index contributed by atoms with van der Waals surface area (Å²) in [6.45, 7) is 5.83. The predicted molar refractivity (Wildman–Crippen MR) is 88.2 cm³/mol. The minimum absolute atomic E-state index is 0.0102. The minimum Gasteiger partial charge on any atom is -0.354 e. The second-order valence-electron chi connectivity index (χ2n) is 5.89. The number of aromatic nitrogens is 1. The molecule has 1 unspecified atom stereocenters. The van der Waals surface area contributed by atoms with Gasteiger partial charge in [-0.2, -0.15) is 0 Å². The van der Waals surface area contributed by atoms with E-state index in [2.05, 4.69) is 22.1 Å². The van der Waals surface area contributed by atoms with Crippen LogP contribution in [0.25, 0.3) is 0 Å². The van der Waals surface area contributed by atoms with Crippen LogP contribution in [0.3, 0.4) is 0 Å². The number of amides is 1. The molecule has 4 heteroatoms. The van der Waals surface area contributed by atoms with Gasteiger partial charge in [-0.3, -0.25) is 4.79 Å². The normalized spacial score (nSPS) is 17.5. The van der Waals surface area contributed by atoms with Crippen molar-refractivity contribution in [1.29, 1.82) is 0 Å². The van der Waals surface area contributed by atoms with Crippen molar-refractivity contribution >= 4 is 11.7 Å². The molecule has 4 nitrogen and oxygen atoms in total. The molecule has 1 amide bonds. The lowest BCUT2D eigenvalue weighted by molar-refractivity contribution is 0.0940. The molecule has 114 valence electrons. The Morgan fingerprint density at radius 1 is 1.23 bits per heavy atom. The van der Waals surface area contributed by atoms with Crippen molar-refractivity contribution < 1.29 is 4.79 Å². The van der Waals surface area contributed by atoms with Crippen LogP contribution in [0.5, 0.6) is 0 Å². The van der Waals surface area contributed by atoms with Crippen molar-refractivity contribution in [3.05, 3.63) is 59.3 Å². The quantitative estimate of drug-likeness (QED) is 0.947. The minimum atomic E-state index is 0.0102. The van der Waals surface area contributed by atoms with Crippen molar-refractivity contribution in [1.82, 2.24) is 10.3 Å². The summed E-state index contributed by atoms with van der Waals surface area (Å²) in [5.41, 5.74) is 3.09. The zero-order chi connectivity index (χ0) is 15.5. The van der Waals surface area contributed by atoms with Gasteiger partial charge < -0.3 is 10.2 Å². The first-order valence-corrected chi connectivity index (χ1v) is 7.67. The third-order valence-corrected chi connectivity index (χ3v) is 4.27. The molecule has 1 aromatic heterocycles. The van der Waals surface area contributed by atoms with E-state index in [-0.39, 0.29) is 11.9 Å². The highest BCUT2D eigenvalue weighted by molar-refractivity contribution is 5.94. The summed E-state index contributed by atoms with van der Waals surface area (Å²) >= 11 is 0. The lowest BCUT2D eigenvalue weighted by Gasteiger charge is -2.18. The Hall–Kier alpha value is -2.36. The fourth-order valence-electron chi connectivity index (χ4n) is 2.78. The van der Waals surface area contributed by atoms with Crippen molar-refractivity contribution in [2.24, 2.45) is 0 Å². The molecule has 1 fully saturated rings. The van der Waals surface area contributed by atoms with Gasteiger partial charge in [-0.1, -0.05) is 12.1 Å². The van der Waals surface area contributed by atoms with Crippen LogP contribution < -0.4 is 10.2 Å². The predicted octanol–water partition coefficient (Wildman–Crippen LogP) is 2.71. The van der Waals surface area contributed by atoms with E-state index >= 15 is 0 Å². The van der Waals surface area contributed by atoms with Crippen molar-refractivity contribution in [2.75, 3.05) is 18.0 Å². The molecule has 2 aromatic rings. The molecule has 1 aromatic carbocycles. The summed E-state index contributed by atoms with van der Waals surface area (Å²) in [4.78, 5) is 18.9. The number of aryl methyl sites for hydroxylation is 2. The van der Waals surface area contributed by atoms with Crippen LogP contribution in [0.2, 0.25) is 0 Å². The smallest absolute Gasteiger partial charge is 0.251 e. The summed E-state index contributed by atoms with van der Waals surface area (Å²) in [5, 5.41) is 3.13. The second-order valence-corrected chi connectivity index (χ2v) is 5.89. The molecule has 0 aliphatic carbocycles. The molecule has 1 aliphatic heterocycles. The summed E-state index contributed by atoms with van der Waals surface area (Å²) in [7, 11) is 0. The molecule has 3 rings (SSSR count). The lowest BCUT2D eigenvalue weighted by Crippen LogP contribution is -2.37. The standard InChI is InChI=1S/C18H21N3O/c1-13-6-7-15(11-14(13)2)18(22)20-16-8-10-21(12-16)17-5-3-4-9-19-17/h3-7,9,11,16H,8,10,12H2,1-2H3,(H,20,22). The SMILES string of the molecule is Cc1ccc(C(=O)NC2CCN(c3ccccn3)C2)cc1C. The van der Waals surface area contributed by atoms with Crippen LogP contribution in [0.4, 0.5) is 5.82 Å². The lowest BCUT2D eigenvalue weighted by atomic mass is 10.1. The molecule has 0 saturated carbocycles. The van der Waals surface area contributed by atoms with Crippen LogP contribution >= 0.6 is 0 Å². The molecule has 0 bridgehead atoms. The fraction of sp³-hybridized carbons (Fsp3) is 0.333. The molecule has 0 radical (unpaired) electrons. The summed E-state index contributed by atoms with van der Waals surface area (Å²) < 4.78 is 0. The number of carbonyl (C=O) groups is 1. The molecular formula is C18H21N3O. The highest BCUT2D eigenvalue weighted by Gasteiger charge is 2.25. The average molecular weight is 295 g/mol. The van der Waals surface area contributed by atoms with Crippen LogP contribution in [0.15, 0.2) is 42.6 Å². The van der Waals surface area contributed by atoms with E-state index in [9.17, 15) is 4.79 Å². The van der Waals surface area contributed by atoms with Crippen molar-refractivity contribution in [2.45, 2.75) is 26.3 Å². The number of carbonyl (C=O) groups excluding carboxylic acids is 1. The number of benzene rings is 1. The number of nitrogens with zero attached hydrogens (tertiary/aromatic N) is 2. The van der Waals surface area contributed by atoms with Gasteiger partial charge in [0, 0.05) is 30.9 Å². The molecule has 1 N–H and O–H groups in total. The Labute approximate surface area is 131 Å². The second kappa shape index (κ2) is 6.18. The third-order valence-electron chi connectivity index (χ3n) is 4.27. The fourth-order valence-corrected chi connectivity index (χ4v) is 2.78. The summed E-state index contributed by atoms with van der Waals surface area (Å²) in [5.74, 6) is 0.987. The van der Waals surface area contributed by atoms with Gasteiger partial charge >= 0.3 is 0 Å². The van der Waals surface area contributed by atoms with Crippen molar-refractivity contribution in [3.63, 3.8) is 0 Å². The summed E-state index contributed by atoms with van der Waals surface area (Å²) in [6, 6.07) is 11.9. The topological polar surface area (TPSA) is 45.2 Å². The van der Waals surface area contributed by atoms with E-state index in [1.54, 1.807) is 6.20 Å². The Morgan fingerprint density at radius 3 is 2.82 bits per heavy atom. The molecule has 1 saturated heterocycles. The third kappa shape index (κ3) is 3.11. The van der Waals surface area contributed by atoms with Gasteiger partial charge in [0.25, 0.3) is 5.91 Å². The zero-order valence-corrected chi connectivity index (χ0v) is 13.0. The van der Waals surface area contributed by atoms with E-state index in [1.807, 2.05) is 43.3 Å². The molecule has 2 heterocycles. The van der Waals surface area contributed by atoms with Crippen LogP contribution in [0, 0.1) is 13.8 Å². The first kappa shape index (κ1) is 14.6. The number of nitrogens with one attached hydrogen (secondary N) is 1. The number of pyridine rings is 1. The van der Waals surface area contributed by atoms with E-state index in [0.717, 1.165) is 36.5 Å². The van der Waals surface area contributed by atoms with Crippen LogP contribution in [-0.4, -0.2) is 30.0 Å². The molecule has 1 atom stereocenters. The van der Waals surface area contributed by atoms with E-state index in [0.29, 0.717) is 0 Å². The first-order chi connectivity index (χ1) is 10.6. The van der Waals surface area contributed by atoms with E-state index < -0.39 is 0 Å². The maximum Gasteiger partial charge on any atom is 0.251 e. The molecule has 22 heavy (non-hydrogen) atoms. The van der Waals surface area contributed by atoms with Gasteiger partial charge in [-0.25, -0.2) is 4.98 Å². The number of anilines is 1. The van der Waals surface area contributed by atoms with Crippen LogP contribution in [-0.2, 0) is 0 Å². The van der Waals surface area contributed by atoms with E-state index in [4.69, 9.17) is 0 Å². The molecule has 0 spiro atoms. The zero-order valence-electron chi connectivity index (χ0n) is 13.0. The first-order valence-electron chi connectivity index (χ1n) is 7.67. The Bertz CT molecular complexity index is 669. The Morgan fingerprint density at radius 2 is 2.09 bits per heavy atom. The number of rotatable bonds is 3. The van der Waals surface area contributed by atoms with Crippen LogP contribution in [0.1, 0.15) is 27.9 Å². The highest BCUT2D eigenvalue weighted by Crippen LogP contribution is 2.18. The Kier molecular flexibility index (Phi) is 4.09. The van der Waals surface area contributed by atoms with Gasteiger partial charge in [-0.15, -0.1) is 0 Å². The van der Waals surface area contributed by atoms with Gasteiger partial charge in [-0.05, 0) is 55.7 Å². The summed E-state index contributed by atoms with van der Waals surface area (Å²) in [6.07, 6.45) is 2.75. The monoisotopic (exact) mass is 295 g/mol. The highest BCUT2D eigenvalue weighted by atomic mass is 16.1. The van der Waals surface area contributed by atoms with E-state index in [1.165, 1.54) is 5.56 Å². The number of hydrogen-bond donors (Lipinski definition) is 1. The molecule has 1 aliphatic rings.